The molecule has 1 amide bonds. The molecule has 27 heavy (non-hydrogen) atoms. The first kappa shape index (κ1) is 20.8. The lowest BCUT2D eigenvalue weighted by atomic mass is 10.2. The number of nitrogens with one attached hydrogen (secondary N) is 1. The van der Waals surface area contributed by atoms with Crippen molar-refractivity contribution in [2.45, 2.75) is 38.1 Å². The van der Waals surface area contributed by atoms with Gasteiger partial charge in [0, 0.05) is 6.04 Å². The van der Waals surface area contributed by atoms with Gasteiger partial charge < -0.3 is 10.1 Å². The molecule has 0 heterocycles. The number of carbonyl (C=O) groups excluding carboxylic acids is 1. The molecule has 146 valence electrons. The minimum atomic E-state index is -3.91. The lowest BCUT2D eigenvalue weighted by molar-refractivity contribution is -0.120. The fourth-order valence-electron chi connectivity index (χ4n) is 2.46. The molecule has 0 aliphatic carbocycles. The van der Waals surface area contributed by atoms with Gasteiger partial charge in [-0.05, 0) is 56.7 Å². The summed E-state index contributed by atoms with van der Waals surface area (Å²) in [4.78, 5) is 12.5. The zero-order chi connectivity index (χ0) is 19.9. The van der Waals surface area contributed by atoms with Gasteiger partial charge in [-0.2, -0.15) is 0 Å². The highest BCUT2D eigenvalue weighted by atomic mass is 32.2. The number of carbonyl (C=O) groups is 1. The second-order valence-corrected chi connectivity index (χ2v) is 7.99. The molecular weight excluding hydrogens is 364 g/mol. The molecule has 1 unspecified atom stereocenters. The average molecular weight is 391 g/mol. The van der Waals surface area contributed by atoms with Gasteiger partial charge in [0.15, 0.2) is 0 Å². The van der Waals surface area contributed by atoms with E-state index >= 15 is 0 Å². The van der Waals surface area contributed by atoms with E-state index < -0.39 is 10.0 Å². The number of benzene rings is 2. The maximum Gasteiger partial charge on any atom is 0.264 e. The standard InChI is InChI=1S/C20H26N2O4S/c1-4-16(3)21-20(23)15-22(17-9-7-6-8-10-17)27(24,25)19-13-11-18(12-14-19)26-5-2/h6-14,16H,4-5,15H2,1-3H3,(H,21,23). The van der Waals surface area contributed by atoms with Crippen molar-refractivity contribution < 1.29 is 17.9 Å². The lowest BCUT2D eigenvalue weighted by Gasteiger charge is -2.25. The molecule has 0 fully saturated rings. The minimum Gasteiger partial charge on any atom is -0.494 e. The quantitative estimate of drug-likeness (QED) is 0.713. The van der Waals surface area contributed by atoms with E-state index in [1.165, 1.54) is 12.1 Å². The van der Waals surface area contributed by atoms with E-state index in [1.807, 2.05) is 20.8 Å². The van der Waals surface area contributed by atoms with E-state index in [-0.39, 0.29) is 23.4 Å². The highest BCUT2D eigenvalue weighted by Crippen LogP contribution is 2.25. The largest absolute Gasteiger partial charge is 0.494 e. The van der Waals surface area contributed by atoms with Crippen LogP contribution in [0.1, 0.15) is 27.2 Å². The van der Waals surface area contributed by atoms with Crippen molar-refractivity contribution in [3.8, 4) is 5.75 Å². The van der Waals surface area contributed by atoms with Gasteiger partial charge in [0.25, 0.3) is 10.0 Å². The summed E-state index contributed by atoms with van der Waals surface area (Å²) in [6.07, 6.45) is 0.767. The molecule has 1 N–H and O–H groups in total. The average Bonchev–Trinajstić information content (AvgIpc) is 2.67. The maximum absolute atomic E-state index is 13.2. The van der Waals surface area contributed by atoms with Crippen LogP contribution in [0.4, 0.5) is 5.69 Å². The zero-order valence-corrected chi connectivity index (χ0v) is 16.7. The number of anilines is 1. The van der Waals surface area contributed by atoms with E-state index in [9.17, 15) is 13.2 Å². The fraction of sp³-hybridized carbons (Fsp3) is 0.350. The Bertz CT molecular complexity index is 836. The molecule has 0 aliphatic rings. The third kappa shape index (κ3) is 5.47. The predicted octanol–water partition coefficient (Wildman–Crippen LogP) is 3.20. The van der Waals surface area contributed by atoms with Crippen LogP contribution in [0.3, 0.4) is 0 Å². The summed E-state index contributed by atoms with van der Waals surface area (Å²) >= 11 is 0. The van der Waals surface area contributed by atoms with Crippen molar-refractivity contribution in [1.29, 1.82) is 0 Å². The first-order valence-corrected chi connectivity index (χ1v) is 10.4. The van der Waals surface area contributed by atoms with Crippen molar-refractivity contribution >= 4 is 21.6 Å². The summed E-state index contributed by atoms with van der Waals surface area (Å²) in [5.41, 5.74) is 0.436. The van der Waals surface area contributed by atoms with Gasteiger partial charge in [0.05, 0.1) is 17.2 Å². The van der Waals surface area contributed by atoms with E-state index in [2.05, 4.69) is 5.32 Å². The molecule has 6 nitrogen and oxygen atoms in total. The van der Waals surface area contributed by atoms with Gasteiger partial charge in [0.2, 0.25) is 5.91 Å². The molecule has 2 aromatic rings. The van der Waals surface area contributed by atoms with Crippen LogP contribution in [-0.2, 0) is 14.8 Å². The van der Waals surface area contributed by atoms with Crippen molar-refractivity contribution in [3.05, 3.63) is 54.6 Å². The Balaban J connectivity index is 2.35. The molecule has 0 radical (unpaired) electrons. The predicted molar refractivity (Wildman–Crippen MR) is 106 cm³/mol. The monoisotopic (exact) mass is 390 g/mol. The van der Waals surface area contributed by atoms with Gasteiger partial charge in [-0.3, -0.25) is 9.10 Å². The van der Waals surface area contributed by atoms with Crippen LogP contribution in [-0.4, -0.2) is 33.5 Å². The third-order valence-corrected chi connectivity index (χ3v) is 5.86. The van der Waals surface area contributed by atoms with Crippen LogP contribution in [0.15, 0.2) is 59.5 Å². The summed E-state index contributed by atoms with van der Waals surface area (Å²) in [6.45, 7) is 5.90. The topological polar surface area (TPSA) is 75.7 Å². The first-order valence-electron chi connectivity index (χ1n) is 8.98. The Morgan fingerprint density at radius 2 is 1.70 bits per heavy atom. The van der Waals surface area contributed by atoms with Crippen molar-refractivity contribution in [2.75, 3.05) is 17.5 Å². The molecule has 0 saturated carbocycles. The molecular formula is C20H26N2O4S. The highest BCUT2D eigenvalue weighted by molar-refractivity contribution is 7.92. The van der Waals surface area contributed by atoms with Crippen LogP contribution < -0.4 is 14.4 Å². The number of ether oxygens (including phenoxy) is 1. The third-order valence-electron chi connectivity index (χ3n) is 4.07. The number of hydrogen-bond donors (Lipinski definition) is 1. The van der Waals surface area contributed by atoms with E-state index in [4.69, 9.17) is 4.74 Å². The number of para-hydroxylation sites is 1. The molecule has 1 atom stereocenters. The summed E-state index contributed by atoms with van der Waals surface area (Å²) in [7, 11) is -3.91. The van der Waals surface area contributed by atoms with Crippen LogP contribution in [0.5, 0.6) is 5.75 Å². The summed E-state index contributed by atoms with van der Waals surface area (Å²) in [6, 6.07) is 14.8. The van der Waals surface area contributed by atoms with Crippen molar-refractivity contribution in [3.63, 3.8) is 0 Å². The summed E-state index contributed by atoms with van der Waals surface area (Å²) in [5, 5.41) is 2.81. The van der Waals surface area contributed by atoms with Crippen molar-refractivity contribution in [1.82, 2.24) is 5.32 Å². The Kier molecular flexibility index (Phi) is 7.24. The van der Waals surface area contributed by atoms with E-state index in [0.717, 1.165) is 10.7 Å². The summed E-state index contributed by atoms with van der Waals surface area (Å²) in [5.74, 6) is 0.250. The van der Waals surface area contributed by atoms with Crippen molar-refractivity contribution in [2.24, 2.45) is 0 Å². The number of amides is 1. The summed E-state index contributed by atoms with van der Waals surface area (Å²) < 4.78 is 32.9. The fourth-order valence-corrected chi connectivity index (χ4v) is 3.88. The number of rotatable bonds is 9. The number of nitrogens with zero attached hydrogens (tertiary/aromatic N) is 1. The Morgan fingerprint density at radius 3 is 2.26 bits per heavy atom. The lowest BCUT2D eigenvalue weighted by Crippen LogP contribution is -2.43. The minimum absolute atomic E-state index is 0.0247. The molecule has 2 rings (SSSR count). The zero-order valence-electron chi connectivity index (χ0n) is 15.9. The number of sulfonamides is 1. The Hall–Kier alpha value is -2.54. The normalized spacial score (nSPS) is 12.3. The second-order valence-electron chi connectivity index (χ2n) is 6.13. The molecule has 0 spiro atoms. The Morgan fingerprint density at radius 1 is 1.07 bits per heavy atom. The highest BCUT2D eigenvalue weighted by Gasteiger charge is 2.27. The first-order chi connectivity index (χ1) is 12.9. The molecule has 2 aromatic carbocycles. The SMILES string of the molecule is CCOc1ccc(S(=O)(=O)N(CC(=O)NC(C)CC)c2ccccc2)cc1. The number of hydrogen-bond acceptors (Lipinski definition) is 4. The van der Waals surface area contributed by atoms with Crippen LogP contribution in [0.2, 0.25) is 0 Å². The van der Waals surface area contributed by atoms with Crippen LogP contribution in [0.25, 0.3) is 0 Å². The molecule has 0 bridgehead atoms. The van der Waals surface area contributed by atoms with Crippen LogP contribution in [0, 0.1) is 0 Å². The van der Waals surface area contributed by atoms with Crippen LogP contribution >= 0.6 is 0 Å². The van der Waals surface area contributed by atoms with Gasteiger partial charge in [0.1, 0.15) is 12.3 Å². The van der Waals surface area contributed by atoms with E-state index in [0.29, 0.717) is 18.0 Å². The molecule has 0 saturated heterocycles. The smallest absolute Gasteiger partial charge is 0.264 e. The second kappa shape index (κ2) is 9.41. The van der Waals surface area contributed by atoms with E-state index in [1.54, 1.807) is 42.5 Å². The van der Waals surface area contributed by atoms with Gasteiger partial charge in [-0.1, -0.05) is 25.1 Å². The van der Waals surface area contributed by atoms with Gasteiger partial charge in [-0.15, -0.1) is 0 Å². The Labute approximate surface area is 161 Å². The molecule has 0 aliphatic heterocycles. The maximum atomic E-state index is 13.2. The van der Waals surface area contributed by atoms with Gasteiger partial charge in [-0.25, -0.2) is 8.42 Å². The molecule has 0 aromatic heterocycles. The van der Waals surface area contributed by atoms with Gasteiger partial charge >= 0.3 is 0 Å². The molecule has 7 heteroatoms.